The fourth-order valence-corrected chi connectivity index (χ4v) is 7.60. The van der Waals surface area contributed by atoms with Gasteiger partial charge in [0, 0.05) is 38.8 Å². The van der Waals surface area contributed by atoms with Gasteiger partial charge in [0.05, 0.1) is 0 Å². The van der Waals surface area contributed by atoms with E-state index in [4.69, 9.17) is 19.4 Å². The number of allylic oxidation sites excluding steroid dienone is 1. The minimum absolute atomic E-state index is 0.0561. The number of hydrogen-bond acceptors (Lipinski definition) is 4. The first-order chi connectivity index (χ1) is 25.3. The molecular formula is C47H31N3O. The van der Waals surface area contributed by atoms with Gasteiger partial charge < -0.3 is 4.42 Å². The third kappa shape index (κ3) is 5.12. The van der Waals surface area contributed by atoms with E-state index in [0.29, 0.717) is 17.5 Å². The molecule has 4 heteroatoms. The molecule has 10 rings (SSSR count). The summed E-state index contributed by atoms with van der Waals surface area (Å²) in [5.74, 6) is 2.10. The van der Waals surface area contributed by atoms with E-state index in [9.17, 15) is 0 Å². The van der Waals surface area contributed by atoms with Gasteiger partial charge in [-0.05, 0) is 57.8 Å². The third-order valence-corrected chi connectivity index (χ3v) is 10.1. The highest BCUT2D eigenvalue weighted by molar-refractivity contribution is 6.19. The van der Waals surface area contributed by atoms with Gasteiger partial charge in [-0.3, -0.25) is 0 Å². The van der Waals surface area contributed by atoms with E-state index >= 15 is 0 Å². The van der Waals surface area contributed by atoms with E-state index in [1.807, 2.05) is 48.5 Å². The van der Waals surface area contributed by atoms with Crippen LogP contribution in [0.25, 0.3) is 78.3 Å². The van der Waals surface area contributed by atoms with Crippen LogP contribution in [-0.4, -0.2) is 15.0 Å². The lowest BCUT2D eigenvalue weighted by Gasteiger charge is -2.26. The van der Waals surface area contributed by atoms with Gasteiger partial charge in [-0.25, -0.2) is 15.0 Å². The van der Waals surface area contributed by atoms with Crippen molar-refractivity contribution in [1.29, 1.82) is 0 Å². The highest BCUT2D eigenvalue weighted by atomic mass is 16.3. The Hall–Kier alpha value is -6.65. The SMILES string of the molecule is C1=C(c2nc(-c3ccccc3)nc(-c3ccccc3)n2)C(c2ccc(-c3cc4c5ccccc5oc4c4ccccc34)cc2)Cc2ccccc21. The summed E-state index contributed by atoms with van der Waals surface area (Å²) in [6.07, 6.45) is 3.13. The van der Waals surface area contributed by atoms with Crippen molar-refractivity contribution >= 4 is 44.4 Å². The van der Waals surface area contributed by atoms with Gasteiger partial charge >= 0.3 is 0 Å². The van der Waals surface area contributed by atoms with E-state index in [1.54, 1.807) is 0 Å². The molecule has 0 amide bonds. The molecule has 0 radical (unpaired) electrons. The Labute approximate surface area is 295 Å². The molecular weight excluding hydrogens is 623 g/mol. The Morgan fingerprint density at radius 1 is 0.471 bits per heavy atom. The van der Waals surface area contributed by atoms with Gasteiger partial charge in [-0.2, -0.15) is 0 Å². The molecule has 2 aromatic heterocycles. The van der Waals surface area contributed by atoms with E-state index in [-0.39, 0.29) is 5.92 Å². The fraction of sp³-hybridized carbons (Fsp3) is 0.0426. The minimum Gasteiger partial charge on any atom is -0.455 e. The van der Waals surface area contributed by atoms with Crippen molar-refractivity contribution in [3.05, 3.63) is 186 Å². The van der Waals surface area contributed by atoms with Gasteiger partial charge in [0.2, 0.25) is 0 Å². The number of para-hydroxylation sites is 1. The molecule has 51 heavy (non-hydrogen) atoms. The average molecular weight is 654 g/mol. The van der Waals surface area contributed by atoms with Crippen molar-refractivity contribution < 1.29 is 4.42 Å². The number of aromatic nitrogens is 3. The predicted octanol–water partition coefficient (Wildman–Crippen LogP) is 11.8. The average Bonchev–Trinajstić information content (AvgIpc) is 3.59. The van der Waals surface area contributed by atoms with Crippen LogP contribution in [0.1, 0.15) is 28.4 Å². The first-order valence-electron chi connectivity index (χ1n) is 17.4. The zero-order valence-corrected chi connectivity index (χ0v) is 27.7. The summed E-state index contributed by atoms with van der Waals surface area (Å²) in [6.45, 7) is 0. The summed E-state index contributed by atoms with van der Waals surface area (Å²) in [7, 11) is 0. The molecule has 0 N–H and O–H groups in total. The van der Waals surface area contributed by atoms with Crippen molar-refractivity contribution in [2.75, 3.05) is 0 Å². The maximum absolute atomic E-state index is 6.39. The molecule has 1 aliphatic carbocycles. The number of nitrogens with zero attached hydrogens (tertiary/aromatic N) is 3. The quantitative estimate of drug-likeness (QED) is 0.185. The van der Waals surface area contributed by atoms with E-state index in [0.717, 1.165) is 50.4 Å². The number of benzene rings is 7. The van der Waals surface area contributed by atoms with Gasteiger partial charge in [-0.1, -0.05) is 152 Å². The first kappa shape index (κ1) is 29.3. The van der Waals surface area contributed by atoms with Crippen LogP contribution in [0.15, 0.2) is 168 Å². The Morgan fingerprint density at radius 3 is 1.78 bits per heavy atom. The summed E-state index contributed by atoms with van der Waals surface area (Å²) >= 11 is 0. The molecule has 2 heterocycles. The van der Waals surface area contributed by atoms with Crippen LogP contribution in [0.3, 0.4) is 0 Å². The van der Waals surface area contributed by atoms with E-state index in [2.05, 4.69) is 121 Å². The van der Waals surface area contributed by atoms with Crippen molar-refractivity contribution in [3.8, 4) is 33.9 Å². The summed E-state index contributed by atoms with van der Waals surface area (Å²) in [5.41, 5.74) is 11.0. The Kier molecular flexibility index (Phi) is 6.91. The second-order valence-electron chi connectivity index (χ2n) is 13.2. The summed E-state index contributed by atoms with van der Waals surface area (Å²) in [4.78, 5) is 15.3. The smallest absolute Gasteiger partial charge is 0.164 e. The van der Waals surface area contributed by atoms with Crippen LogP contribution in [0.2, 0.25) is 0 Å². The maximum Gasteiger partial charge on any atom is 0.164 e. The number of furan rings is 1. The molecule has 0 aliphatic heterocycles. The monoisotopic (exact) mass is 653 g/mol. The van der Waals surface area contributed by atoms with Crippen LogP contribution in [0.4, 0.5) is 0 Å². The van der Waals surface area contributed by atoms with Crippen LogP contribution in [-0.2, 0) is 6.42 Å². The summed E-state index contributed by atoms with van der Waals surface area (Å²) < 4.78 is 6.39. The van der Waals surface area contributed by atoms with Crippen LogP contribution in [0, 0.1) is 0 Å². The molecule has 0 fully saturated rings. The van der Waals surface area contributed by atoms with Crippen LogP contribution >= 0.6 is 0 Å². The van der Waals surface area contributed by atoms with Crippen molar-refractivity contribution in [3.63, 3.8) is 0 Å². The van der Waals surface area contributed by atoms with Gasteiger partial charge in [-0.15, -0.1) is 0 Å². The van der Waals surface area contributed by atoms with Crippen molar-refractivity contribution in [2.24, 2.45) is 0 Å². The van der Waals surface area contributed by atoms with Crippen molar-refractivity contribution in [1.82, 2.24) is 15.0 Å². The molecule has 1 unspecified atom stereocenters. The molecule has 0 spiro atoms. The molecule has 7 aromatic carbocycles. The van der Waals surface area contributed by atoms with Crippen LogP contribution in [0.5, 0.6) is 0 Å². The number of fused-ring (bicyclic) bond motifs is 6. The molecule has 240 valence electrons. The molecule has 0 bridgehead atoms. The van der Waals surface area contributed by atoms with Crippen LogP contribution < -0.4 is 0 Å². The normalized spacial score (nSPS) is 14.1. The fourth-order valence-electron chi connectivity index (χ4n) is 7.60. The lowest BCUT2D eigenvalue weighted by atomic mass is 9.78. The Morgan fingerprint density at radius 2 is 1.06 bits per heavy atom. The van der Waals surface area contributed by atoms with Gasteiger partial charge in [0.1, 0.15) is 11.2 Å². The van der Waals surface area contributed by atoms with E-state index in [1.165, 1.54) is 33.2 Å². The zero-order valence-electron chi connectivity index (χ0n) is 27.7. The Balaban J connectivity index is 1.11. The summed E-state index contributed by atoms with van der Waals surface area (Å²) in [6, 6.07) is 57.2. The van der Waals surface area contributed by atoms with Crippen molar-refractivity contribution in [2.45, 2.75) is 12.3 Å². The molecule has 0 saturated heterocycles. The molecule has 9 aromatic rings. The Bertz CT molecular complexity index is 2710. The highest BCUT2D eigenvalue weighted by Gasteiger charge is 2.27. The topological polar surface area (TPSA) is 51.8 Å². The van der Waals surface area contributed by atoms with E-state index < -0.39 is 0 Å². The highest BCUT2D eigenvalue weighted by Crippen LogP contribution is 2.43. The third-order valence-electron chi connectivity index (χ3n) is 10.1. The van der Waals surface area contributed by atoms with Gasteiger partial charge in [0.25, 0.3) is 0 Å². The zero-order chi connectivity index (χ0) is 33.7. The molecule has 0 saturated carbocycles. The first-order valence-corrected chi connectivity index (χ1v) is 17.4. The maximum atomic E-state index is 6.39. The predicted molar refractivity (Wildman–Crippen MR) is 208 cm³/mol. The minimum atomic E-state index is 0.0561. The number of rotatable bonds is 5. The van der Waals surface area contributed by atoms with Gasteiger partial charge in [0.15, 0.2) is 17.5 Å². The summed E-state index contributed by atoms with van der Waals surface area (Å²) in [5, 5.41) is 4.57. The lowest BCUT2D eigenvalue weighted by molar-refractivity contribution is 0.672. The second-order valence-corrected chi connectivity index (χ2v) is 13.2. The number of hydrogen-bond donors (Lipinski definition) is 0. The molecule has 1 atom stereocenters. The standard InChI is InChI=1S/C47H31N3O/c1-3-13-32(14-4-1)45-48-46(33-15-5-2-6-16-33)50-47(49-45)42-28-35-18-8-7-17-34(35)27-39(42)30-23-25-31(26-24-30)40-29-41-37-20-11-12-22-43(37)51-44(41)38-21-10-9-19-36(38)40/h1-26,28-29,39H,27H2. The lowest BCUT2D eigenvalue weighted by Crippen LogP contribution is -2.14. The second kappa shape index (κ2) is 12.0. The molecule has 4 nitrogen and oxygen atoms in total. The molecule has 1 aliphatic rings. The largest absolute Gasteiger partial charge is 0.455 e.